The van der Waals surface area contributed by atoms with Gasteiger partial charge in [0.1, 0.15) is 5.03 Å². The lowest BCUT2D eigenvalue weighted by Gasteiger charge is -2.10. The number of hydrogen-bond donors (Lipinski definition) is 0. The quantitative estimate of drug-likeness (QED) is 0.614. The Bertz CT molecular complexity index is 817. The molecule has 0 aliphatic rings. The fourth-order valence-corrected chi connectivity index (χ4v) is 2.95. The first-order valence-electron chi connectivity index (χ1n) is 6.52. The Balaban J connectivity index is 2.18. The number of aromatic nitrogens is 2. The summed E-state index contributed by atoms with van der Waals surface area (Å²) in [6, 6.07) is 14.4. The number of aryl methyl sites for hydroxylation is 1. The molecule has 6 heteroatoms. The molecule has 0 aliphatic heterocycles. The minimum Gasteiger partial charge on any atom is -0.224 e. The molecule has 0 N–H and O–H groups in total. The van der Waals surface area contributed by atoms with E-state index in [1.807, 2.05) is 43.3 Å². The van der Waals surface area contributed by atoms with Crippen LogP contribution in [0.25, 0.3) is 10.9 Å². The normalized spacial score (nSPS) is 11.8. The van der Waals surface area contributed by atoms with Gasteiger partial charge in [-0.25, -0.2) is 9.97 Å². The fourth-order valence-electron chi connectivity index (χ4n) is 2.02. The molecule has 3 aromatic rings. The van der Waals surface area contributed by atoms with Crippen LogP contribution in [-0.2, 0) is 6.18 Å². The number of rotatable bonds is 2. The second kappa shape index (κ2) is 5.61. The Morgan fingerprint density at radius 2 is 1.68 bits per heavy atom. The van der Waals surface area contributed by atoms with E-state index in [0.29, 0.717) is 15.9 Å². The number of halogens is 3. The Morgan fingerprint density at radius 1 is 0.955 bits per heavy atom. The summed E-state index contributed by atoms with van der Waals surface area (Å²) in [5, 5.41) is 0.927. The molecule has 2 aromatic carbocycles. The van der Waals surface area contributed by atoms with Gasteiger partial charge in [-0.2, -0.15) is 13.2 Å². The molecule has 112 valence electrons. The molecule has 1 aromatic heterocycles. The highest BCUT2D eigenvalue weighted by Gasteiger charge is 2.35. The van der Waals surface area contributed by atoms with Crippen molar-refractivity contribution in [1.29, 1.82) is 0 Å². The minimum atomic E-state index is -4.57. The molecule has 0 aliphatic carbocycles. The summed E-state index contributed by atoms with van der Waals surface area (Å²) < 4.78 is 39.0. The lowest BCUT2D eigenvalue weighted by molar-refractivity contribution is -0.145. The topological polar surface area (TPSA) is 25.8 Å². The van der Waals surface area contributed by atoms with Crippen LogP contribution in [-0.4, -0.2) is 9.97 Å². The van der Waals surface area contributed by atoms with Crippen molar-refractivity contribution in [3.8, 4) is 0 Å². The third-order valence-corrected chi connectivity index (χ3v) is 4.04. The van der Waals surface area contributed by atoms with Gasteiger partial charge in [0.15, 0.2) is 0 Å². The van der Waals surface area contributed by atoms with Crippen LogP contribution in [0.3, 0.4) is 0 Å². The first kappa shape index (κ1) is 14.8. The van der Waals surface area contributed by atoms with Gasteiger partial charge in [0.05, 0.1) is 5.52 Å². The Hall–Kier alpha value is -2.08. The average molecular weight is 320 g/mol. The second-order valence-electron chi connectivity index (χ2n) is 4.79. The average Bonchev–Trinajstić information content (AvgIpc) is 2.46. The molecular formula is C16H11F3N2S. The molecule has 0 fully saturated rings. The molecule has 1 heterocycles. The van der Waals surface area contributed by atoms with Crippen LogP contribution in [0, 0.1) is 6.92 Å². The van der Waals surface area contributed by atoms with Gasteiger partial charge in [0.25, 0.3) is 0 Å². The third-order valence-electron chi connectivity index (χ3n) is 3.03. The third kappa shape index (κ3) is 3.06. The highest BCUT2D eigenvalue weighted by molar-refractivity contribution is 7.99. The summed E-state index contributed by atoms with van der Waals surface area (Å²) in [7, 11) is 0. The molecule has 0 radical (unpaired) electrons. The van der Waals surface area contributed by atoms with Crippen molar-refractivity contribution in [1.82, 2.24) is 9.97 Å². The summed E-state index contributed by atoms with van der Waals surface area (Å²) in [5.41, 5.74) is 1.16. The minimum absolute atomic E-state index is 0.306. The van der Waals surface area contributed by atoms with E-state index in [9.17, 15) is 13.2 Å². The molecule has 0 amide bonds. The summed E-state index contributed by atoms with van der Waals surface area (Å²) >= 11 is 1.20. The Morgan fingerprint density at radius 3 is 2.36 bits per heavy atom. The zero-order chi connectivity index (χ0) is 15.7. The molecule has 0 saturated carbocycles. The largest absolute Gasteiger partial charge is 0.451 e. The molecule has 0 spiro atoms. The Kier molecular flexibility index (Phi) is 3.78. The van der Waals surface area contributed by atoms with Crippen molar-refractivity contribution in [3.05, 3.63) is 59.9 Å². The van der Waals surface area contributed by atoms with Crippen LogP contribution >= 0.6 is 11.8 Å². The molecule has 2 nitrogen and oxygen atoms in total. The smallest absolute Gasteiger partial charge is 0.224 e. The molecule has 0 saturated heterocycles. The van der Waals surface area contributed by atoms with Gasteiger partial charge in [0.2, 0.25) is 5.82 Å². The highest BCUT2D eigenvalue weighted by Crippen LogP contribution is 2.35. The molecule has 0 atom stereocenters. The van der Waals surface area contributed by atoms with E-state index in [2.05, 4.69) is 9.97 Å². The number of fused-ring (bicyclic) bond motifs is 1. The molecule has 3 rings (SSSR count). The van der Waals surface area contributed by atoms with Crippen LogP contribution in [0.5, 0.6) is 0 Å². The van der Waals surface area contributed by atoms with E-state index in [0.717, 1.165) is 10.5 Å². The zero-order valence-electron chi connectivity index (χ0n) is 11.6. The van der Waals surface area contributed by atoms with Crippen molar-refractivity contribution >= 4 is 22.7 Å². The van der Waals surface area contributed by atoms with E-state index >= 15 is 0 Å². The lowest BCUT2D eigenvalue weighted by atomic mass is 10.2. The van der Waals surface area contributed by atoms with Crippen LogP contribution in [0.15, 0.2) is 58.5 Å². The fraction of sp³-hybridized carbons (Fsp3) is 0.125. The summed E-state index contributed by atoms with van der Waals surface area (Å²) in [6.07, 6.45) is -4.57. The number of nitrogens with zero attached hydrogens (tertiary/aromatic N) is 2. The van der Waals surface area contributed by atoms with Crippen molar-refractivity contribution in [3.63, 3.8) is 0 Å². The maximum Gasteiger partial charge on any atom is 0.451 e. The molecule has 0 unspecified atom stereocenters. The van der Waals surface area contributed by atoms with Gasteiger partial charge < -0.3 is 0 Å². The Labute approximate surface area is 129 Å². The number of alkyl halides is 3. The predicted octanol–water partition coefficient (Wildman–Crippen LogP) is 5.11. The standard InChI is InChI=1S/C16H11F3N2S/c1-10-7-8-12-13(9-10)20-15(16(17,18)19)21-14(12)22-11-5-3-2-4-6-11/h2-9H,1H3. The van der Waals surface area contributed by atoms with Crippen LogP contribution in [0.4, 0.5) is 13.2 Å². The predicted molar refractivity (Wildman–Crippen MR) is 79.8 cm³/mol. The molecule has 0 bridgehead atoms. The molecule has 22 heavy (non-hydrogen) atoms. The van der Waals surface area contributed by atoms with Crippen molar-refractivity contribution < 1.29 is 13.2 Å². The van der Waals surface area contributed by atoms with E-state index in [-0.39, 0.29) is 0 Å². The van der Waals surface area contributed by atoms with Crippen molar-refractivity contribution in [2.45, 2.75) is 23.0 Å². The van der Waals surface area contributed by atoms with Gasteiger partial charge in [-0.05, 0) is 36.8 Å². The zero-order valence-corrected chi connectivity index (χ0v) is 12.4. The lowest BCUT2D eigenvalue weighted by Crippen LogP contribution is -2.11. The maximum absolute atomic E-state index is 13.0. The van der Waals surface area contributed by atoms with Gasteiger partial charge in [-0.3, -0.25) is 0 Å². The highest BCUT2D eigenvalue weighted by atomic mass is 32.2. The van der Waals surface area contributed by atoms with Crippen LogP contribution in [0.2, 0.25) is 0 Å². The summed E-state index contributed by atoms with van der Waals surface area (Å²) in [4.78, 5) is 8.21. The molecular weight excluding hydrogens is 309 g/mol. The van der Waals surface area contributed by atoms with E-state index < -0.39 is 12.0 Å². The van der Waals surface area contributed by atoms with Gasteiger partial charge in [-0.1, -0.05) is 36.0 Å². The first-order chi connectivity index (χ1) is 10.4. The van der Waals surface area contributed by atoms with Crippen molar-refractivity contribution in [2.75, 3.05) is 0 Å². The maximum atomic E-state index is 13.0. The van der Waals surface area contributed by atoms with Gasteiger partial charge >= 0.3 is 6.18 Å². The SMILES string of the molecule is Cc1ccc2c(Sc3ccccc3)nc(C(F)(F)F)nc2c1. The van der Waals surface area contributed by atoms with Crippen LogP contribution in [0.1, 0.15) is 11.4 Å². The van der Waals surface area contributed by atoms with E-state index in [4.69, 9.17) is 0 Å². The summed E-state index contributed by atoms with van der Waals surface area (Å²) in [5.74, 6) is -1.11. The first-order valence-corrected chi connectivity index (χ1v) is 7.33. The van der Waals surface area contributed by atoms with Gasteiger partial charge in [0, 0.05) is 10.3 Å². The second-order valence-corrected chi connectivity index (χ2v) is 5.85. The van der Waals surface area contributed by atoms with E-state index in [1.54, 1.807) is 12.1 Å². The summed E-state index contributed by atoms with van der Waals surface area (Å²) in [6.45, 7) is 1.82. The van der Waals surface area contributed by atoms with Crippen molar-refractivity contribution in [2.24, 2.45) is 0 Å². The number of benzene rings is 2. The monoisotopic (exact) mass is 320 g/mol. The number of hydrogen-bond acceptors (Lipinski definition) is 3. The van der Waals surface area contributed by atoms with Crippen LogP contribution < -0.4 is 0 Å². The van der Waals surface area contributed by atoms with Gasteiger partial charge in [-0.15, -0.1) is 0 Å². The van der Waals surface area contributed by atoms with E-state index in [1.165, 1.54) is 11.8 Å².